The summed E-state index contributed by atoms with van der Waals surface area (Å²) in [5.74, 6) is -0.162. The van der Waals surface area contributed by atoms with Crippen LogP contribution in [0.25, 0.3) is 11.0 Å². The van der Waals surface area contributed by atoms with E-state index in [0.717, 1.165) is 24.0 Å². The van der Waals surface area contributed by atoms with Crippen LogP contribution in [0.1, 0.15) is 29.6 Å². The number of hydrogen-bond donors (Lipinski definition) is 1. The fourth-order valence-electron chi connectivity index (χ4n) is 2.76. The predicted molar refractivity (Wildman–Crippen MR) is 102 cm³/mol. The fraction of sp³-hybridized carbons (Fsp3) is 0.250. The highest BCUT2D eigenvalue weighted by Crippen LogP contribution is 2.13. The Morgan fingerprint density at radius 3 is 2.62 bits per heavy atom. The first-order valence-corrected chi connectivity index (χ1v) is 8.96. The third kappa shape index (κ3) is 4.70. The monoisotopic (exact) mass is 369 g/mol. The minimum Gasteiger partial charge on any atom is -0.356 e. The number of nitrogens with zero attached hydrogens (tertiary/aromatic N) is 2. The Kier molecular flexibility index (Phi) is 6.02. The van der Waals surface area contributed by atoms with Crippen molar-refractivity contribution in [3.05, 3.63) is 65.4 Å². The molecule has 3 rings (SSSR count). The van der Waals surface area contributed by atoms with E-state index in [-0.39, 0.29) is 24.5 Å². The number of aromatic nitrogens is 2. The highest BCUT2D eigenvalue weighted by atomic mass is 35.5. The average Bonchev–Trinajstić information content (AvgIpc) is 3.07. The topological polar surface area (TPSA) is 64.0 Å². The lowest BCUT2D eigenvalue weighted by Crippen LogP contribution is -2.25. The van der Waals surface area contributed by atoms with Gasteiger partial charge in [-0.1, -0.05) is 23.7 Å². The molecular weight excluding hydrogens is 350 g/mol. The number of halogens is 1. The van der Waals surface area contributed by atoms with Crippen LogP contribution >= 0.6 is 11.6 Å². The van der Waals surface area contributed by atoms with Crippen molar-refractivity contribution >= 4 is 34.3 Å². The molecule has 2 aromatic carbocycles. The second-order valence-electron chi connectivity index (χ2n) is 6.06. The molecule has 0 radical (unpaired) electrons. The van der Waals surface area contributed by atoms with Gasteiger partial charge in [0.1, 0.15) is 0 Å². The number of hydrogen-bond acceptors (Lipinski definition) is 3. The van der Waals surface area contributed by atoms with Gasteiger partial charge in [0.05, 0.1) is 17.4 Å². The van der Waals surface area contributed by atoms with Gasteiger partial charge in [0, 0.05) is 36.5 Å². The van der Waals surface area contributed by atoms with E-state index in [1.807, 2.05) is 30.6 Å². The second-order valence-corrected chi connectivity index (χ2v) is 6.50. The van der Waals surface area contributed by atoms with Crippen LogP contribution in [0.4, 0.5) is 0 Å². The number of nitrogens with one attached hydrogen (secondary N) is 1. The average molecular weight is 370 g/mol. The number of carbonyl (C=O) groups excluding carboxylic acids is 2. The van der Waals surface area contributed by atoms with Crippen LogP contribution in [0, 0.1) is 0 Å². The molecule has 0 unspecified atom stereocenters. The molecule has 1 heterocycles. The van der Waals surface area contributed by atoms with Gasteiger partial charge < -0.3 is 9.88 Å². The Morgan fingerprint density at radius 1 is 1.04 bits per heavy atom. The van der Waals surface area contributed by atoms with E-state index in [9.17, 15) is 9.59 Å². The van der Waals surface area contributed by atoms with Gasteiger partial charge in [-0.05, 0) is 42.8 Å². The molecular formula is C20H20ClN3O2. The SMILES string of the molecule is O=C(CCC(=O)c1ccc(Cl)cc1)NCCCn1cnc2ccccc21. The predicted octanol–water partition coefficient (Wildman–Crippen LogP) is 3.86. The number of benzene rings is 2. The van der Waals surface area contributed by atoms with E-state index in [0.29, 0.717) is 17.1 Å². The van der Waals surface area contributed by atoms with Crippen molar-refractivity contribution in [2.24, 2.45) is 0 Å². The molecule has 3 aromatic rings. The van der Waals surface area contributed by atoms with Crippen molar-refractivity contribution in [2.45, 2.75) is 25.8 Å². The van der Waals surface area contributed by atoms with Crippen molar-refractivity contribution in [3.63, 3.8) is 0 Å². The molecule has 26 heavy (non-hydrogen) atoms. The van der Waals surface area contributed by atoms with Gasteiger partial charge in [0.25, 0.3) is 0 Å². The molecule has 0 aliphatic carbocycles. The summed E-state index contributed by atoms with van der Waals surface area (Å²) in [6.07, 6.45) is 3.00. The third-order valence-corrected chi connectivity index (χ3v) is 4.42. The zero-order valence-electron chi connectivity index (χ0n) is 14.3. The van der Waals surface area contributed by atoms with Gasteiger partial charge in [-0.3, -0.25) is 9.59 Å². The molecule has 0 aliphatic heterocycles. The third-order valence-electron chi connectivity index (χ3n) is 4.17. The lowest BCUT2D eigenvalue weighted by atomic mass is 10.1. The number of Topliss-reactive ketones (excluding diaryl/α,β-unsaturated/α-hetero) is 1. The van der Waals surface area contributed by atoms with Gasteiger partial charge in [-0.25, -0.2) is 4.98 Å². The Balaban J connectivity index is 1.38. The quantitative estimate of drug-likeness (QED) is 0.484. The largest absolute Gasteiger partial charge is 0.356 e. The molecule has 6 heteroatoms. The summed E-state index contributed by atoms with van der Waals surface area (Å²) in [6.45, 7) is 1.35. The molecule has 0 saturated carbocycles. The van der Waals surface area contributed by atoms with Crippen molar-refractivity contribution in [3.8, 4) is 0 Å². The van der Waals surface area contributed by atoms with E-state index < -0.39 is 0 Å². The number of amides is 1. The number of rotatable bonds is 8. The summed E-state index contributed by atoms with van der Waals surface area (Å²) in [4.78, 5) is 28.3. The summed E-state index contributed by atoms with van der Waals surface area (Å²) in [6, 6.07) is 14.7. The van der Waals surface area contributed by atoms with Crippen molar-refractivity contribution in [1.82, 2.24) is 14.9 Å². The zero-order chi connectivity index (χ0) is 18.4. The van der Waals surface area contributed by atoms with Crippen LogP contribution in [0.2, 0.25) is 5.02 Å². The summed E-state index contributed by atoms with van der Waals surface area (Å²) in [5, 5.41) is 3.45. The van der Waals surface area contributed by atoms with Gasteiger partial charge in [-0.15, -0.1) is 0 Å². The molecule has 1 amide bonds. The summed E-state index contributed by atoms with van der Waals surface area (Å²) in [7, 11) is 0. The molecule has 0 atom stereocenters. The van der Waals surface area contributed by atoms with Gasteiger partial charge in [0.15, 0.2) is 5.78 Å². The summed E-state index contributed by atoms with van der Waals surface area (Å²) < 4.78 is 2.07. The number of para-hydroxylation sites is 2. The first-order chi connectivity index (χ1) is 12.6. The minimum atomic E-state index is -0.109. The van der Waals surface area contributed by atoms with Crippen LogP contribution in [0.5, 0.6) is 0 Å². The van der Waals surface area contributed by atoms with Gasteiger partial charge >= 0.3 is 0 Å². The molecule has 5 nitrogen and oxygen atoms in total. The molecule has 1 N–H and O–H groups in total. The number of imidazole rings is 1. The first kappa shape index (κ1) is 18.1. The molecule has 0 spiro atoms. The Hall–Kier alpha value is -2.66. The van der Waals surface area contributed by atoms with Gasteiger partial charge in [0.2, 0.25) is 5.91 Å². The minimum absolute atomic E-state index is 0.0540. The van der Waals surface area contributed by atoms with Gasteiger partial charge in [-0.2, -0.15) is 0 Å². The fourth-order valence-corrected chi connectivity index (χ4v) is 2.89. The maximum Gasteiger partial charge on any atom is 0.220 e. The van der Waals surface area contributed by atoms with E-state index in [1.54, 1.807) is 24.3 Å². The molecule has 0 fully saturated rings. The first-order valence-electron chi connectivity index (χ1n) is 8.59. The Bertz CT molecular complexity index is 903. The van der Waals surface area contributed by atoms with E-state index in [2.05, 4.69) is 14.9 Å². The number of fused-ring (bicyclic) bond motifs is 1. The lowest BCUT2D eigenvalue weighted by Gasteiger charge is -2.07. The number of aryl methyl sites for hydroxylation is 1. The second kappa shape index (κ2) is 8.63. The van der Waals surface area contributed by atoms with E-state index >= 15 is 0 Å². The maximum atomic E-state index is 12.0. The summed E-state index contributed by atoms with van der Waals surface area (Å²) in [5.41, 5.74) is 2.64. The van der Waals surface area contributed by atoms with Crippen LogP contribution in [0.3, 0.4) is 0 Å². The van der Waals surface area contributed by atoms with Crippen LogP contribution in [-0.2, 0) is 11.3 Å². The maximum absolute atomic E-state index is 12.0. The molecule has 0 bridgehead atoms. The Morgan fingerprint density at radius 2 is 1.81 bits per heavy atom. The highest BCUT2D eigenvalue weighted by Gasteiger charge is 2.09. The number of ketones is 1. The van der Waals surface area contributed by atoms with Crippen molar-refractivity contribution in [1.29, 1.82) is 0 Å². The van der Waals surface area contributed by atoms with Crippen LogP contribution in [-0.4, -0.2) is 27.8 Å². The van der Waals surface area contributed by atoms with Crippen LogP contribution in [0.15, 0.2) is 54.9 Å². The van der Waals surface area contributed by atoms with E-state index in [4.69, 9.17) is 11.6 Å². The highest BCUT2D eigenvalue weighted by molar-refractivity contribution is 6.30. The molecule has 1 aromatic heterocycles. The van der Waals surface area contributed by atoms with Crippen molar-refractivity contribution in [2.75, 3.05) is 6.54 Å². The molecule has 134 valence electrons. The molecule has 0 saturated heterocycles. The normalized spacial score (nSPS) is 10.8. The van der Waals surface area contributed by atoms with Crippen LogP contribution < -0.4 is 5.32 Å². The van der Waals surface area contributed by atoms with Crippen molar-refractivity contribution < 1.29 is 9.59 Å². The zero-order valence-corrected chi connectivity index (χ0v) is 15.1. The Labute approximate surface area is 157 Å². The summed E-state index contributed by atoms with van der Waals surface area (Å²) >= 11 is 5.80. The smallest absolute Gasteiger partial charge is 0.220 e. The molecule has 0 aliphatic rings. The lowest BCUT2D eigenvalue weighted by molar-refractivity contribution is -0.121. The van der Waals surface area contributed by atoms with E-state index in [1.165, 1.54) is 0 Å². The number of carbonyl (C=O) groups is 2. The standard InChI is InChI=1S/C20H20ClN3O2/c21-16-8-6-15(7-9-16)19(25)10-11-20(26)22-12-3-13-24-14-23-17-4-1-2-5-18(17)24/h1-2,4-9,14H,3,10-13H2,(H,22,26).